The Bertz CT molecular complexity index is 868. The van der Waals surface area contributed by atoms with Gasteiger partial charge in [-0.15, -0.1) is 24.8 Å². The van der Waals surface area contributed by atoms with Crippen molar-refractivity contribution < 1.29 is 4.79 Å². The van der Waals surface area contributed by atoms with Crippen LogP contribution in [0, 0.1) is 0 Å². The molecular formula is C22H27Cl4N3O. The highest BCUT2D eigenvalue weighted by atomic mass is 35.5. The lowest BCUT2D eigenvalue weighted by Gasteiger charge is -2.44. The van der Waals surface area contributed by atoms with E-state index in [1.54, 1.807) is 6.07 Å². The van der Waals surface area contributed by atoms with Gasteiger partial charge in [0.15, 0.2) is 0 Å². The van der Waals surface area contributed by atoms with Crippen LogP contribution in [0.25, 0.3) is 0 Å². The molecule has 1 atom stereocenters. The minimum absolute atomic E-state index is 0. The van der Waals surface area contributed by atoms with Gasteiger partial charge in [-0.25, -0.2) is 0 Å². The maximum absolute atomic E-state index is 13.9. The molecule has 2 aromatic carbocycles. The molecule has 2 aromatic rings. The predicted octanol–water partition coefficient (Wildman–Crippen LogP) is 4.54. The second kappa shape index (κ2) is 10.5. The zero-order valence-corrected chi connectivity index (χ0v) is 20.0. The molecule has 164 valence electrons. The van der Waals surface area contributed by atoms with Crippen LogP contribution in [0.2, 0.25) is 10.0 Å². The van der Waals surface area contributed by atoms with Crippen LogP contribution in [0.5, 0.6) is 0 Å². The summed E-state index contributed by atoms with van der Waals surface area (Å²) < 4.78 is 0. The van der Waals surface area contributed by atoms with E-state index < -0.39 is 5.54 Å². The number of carbonyl (C=O) groups excluding carboxylic acids is 1. The van der Waals surface area contributed by atoms with Crippen molar-refractivity contribution in [2.24, 2.45) is 0 Å². The molecule has 0 saturated carbocycles. The fourth-order valence-corrected chi connectivity index (χ4v) is 5.26. The largest absolute Gasteiger partial charge is 0.340 e. The number of amides is 1. The molecule has 1 aliphatic carbocycles. The van der Waals surface area contributed by atoms with Gasteiger partial charge in [-0.05, 0) is 47.7 Å². The number of aryl methyl sites for hydroxylation is 1. The van der Waals surface area contributed by atoms with Crippen molar-refractivity contribution in [3.05, 3.63) is 69.2 Å². The van der Waals surface area contributed by atoms with Gasteiger partial charge in [0, 0.05) is 49.8 Å². The third-order valence-corrected chi connectivity index (χ3v) is 6.35. The van der Waals surface area contributed by atoms with Crippen molar-refractivity contribution in [2.75, 3.05) is 33.2 Å². The summed E-state index contributed by atoms with van der Waals surface area (Å²) >= 11 is 12.3. The van der Waals surface area contributed by atoms with E-state index >= 15 is 0 Å². The van der Waals surface area contributed by atoms with Crippen LogP contribution in [0.15, 0.2) is 42.5 Å². The molecule has 30 heavy (non-hydrogen) atoms. The van der Waals surface area contributed by atoms with Gasteiger partial charge in [0.1, 0.15) is 5.54 Å². The Morgan fingerprint density at radius 2 is 1.73 bits per heavy atom. The molecule has 0 spiro atoms. The fraction of sp³-hybridized carbons (Fsp3) is 0.409. The molecule has 1 heterocycles. The summed E-state index contributed by atoms with van der Waals surface area (Å²) in [6, 6.07) is 13.9. The first kappa shape index (κ1) is 25.3. The summed E-state index contributed by atoms with van der Waals surface area (Å²) in [5.74, 6) is 0.149. The van der Waals surface area contributed by atoms with Crippen LogP contribution in [0.4, 0.5) is 0 Å². The summed E-state index contributed by atoms with van der Waals surface area (Å²) in [5, 5.41) is 4.58. The normalized spacial score (nSPS) is 20.6. The lowest BCUT2D eigenvalue weighted by atomic mass is 9.87. The van der Waals surface area contributed by atoms with Gasteiger partial charge in [-0.1, -0.05) is 47.5 Å². The molecule has 4 rings (SSSR count). The average Bonchev–Trinajstić information content (AvgIpc) is 3.08. The number of likely N-dealkylation sites (N-methyl/N-ethyl adjacent to an activating group) is 1. The van der Waals surface area contributed by atoms with E-state index in [0.29, 0.717) is 16.6 Å². The third kappa shape index (κ3) is 4.74. The first-order valence-corrected chi connectivity index (χ1v) is 10.5. The van der Waals surface area contributed by atoms with E-state index in [-0.39, 0.29) is 30.7 Å². The molecule has 4 nitrogen and oxygen atoms in total. The van der Waals surface area contributed by atoms with Crippen LogP contribution in [-0.2, 0) is 23.3 Å². The molecule has 1 amide bonds. The molecule has 1 aliphatic heterocycles. The van der Waals surface area contributed by atoms with Crippen molar-refractivity contribution in [3.8, 4) is 0 Å². The number of nitrogens with one attached hydrogen (secondary N) is 1. The van der Waals surface area contributed by atoms with Crippen molar-refractivity contribution in [1.82, 2.24) is 15.1 Å². The highest BCUT2D eigenvalue weighted by Crippen LogP contribution is 2.43. The molecule has 1 fully saturated rings. The van der Waals surface area contributed by atoms with E-state index in [1.807, 2.05) is 30.1 Å². The Labute approximate surface area is 200 Å². The van der Waals surface area contributed by atoms with Crippen LogP contribution in [0.3, 0.4) is 0 Å². The second-order valence-corrected chi connectivity index (χ2v) is 8.57. The number of halogens is 4. The molecule has 0 unspecified atom stereocenters. The number of hydrogen-bond donors (Lipinski definition) is 1. The Balaban J connectivity index is 0.00000160. The molecule has 0 aromatic heterocycles. The lowest BCUT2D eigenvalue weighted by Crippen LogP contribution is -2.60. The number of benzene rings is 2. The molecular weight excluding hydrogens is 464 g/mol. The van der Waals surface area contributed by atoms with Gasteiger partial charge < -0.3 is 10.2 Å². The quantitative estimate of drug-likeness (QED) is 0.683. The van der Waals surface area contributed by atoms with Gasteiger partial charge in [0.05, 0.1) is 0 Å². The highest BCUT2D eigenvalue weighted by molar-refractivity contribution is 6.34. The summed E-state index contributed by atoms with van der Waals surface area (Å²) in [5.41, 5.74) is 2.80. The molecule has 8 heteroatoms. The summed E-state index contributed by atoms with van der Waals surface area (Å²) in [6.45, 7) is 4.04. The first-order chi connectivity index (χ1) is 13.5. The maximum atomic E-state index is 13.9. The van der Waals surface area contributed by atoms with Gasteiger partial charge in [-0.3, -0.25) is 9.69 Å². The van der Waals surface area contributed by atoms with Crippen molar-refractivity contribution >= 4 is 53.9 Å². The van der Waals surface area contributed by atoms with E-state index in [4.69, 9.17) is 23.2 Å². The zero-order valence-electron chi connectivity index (χ0n) is 16.9. The molecule has 2 aliphatic rings. The fourth-order valence-electron chi connectivity index (χ4n) is 4.69. The summed E-state index contributed by atoms with van der Waals surface area (Å²) in [6.07, 6.45) is 1.76. The number of nitrogens with zero attached hydrogens (tertiary/aromatic N) is 2. The smallest absolute Gasteiger partial charge is 0.247 e. The SMILES string of the molecule is CN(Cc1cc(Cl)cc(Cl)c1)C(=O)[C@@]1(N2CCNCC2)CCc2ccccc21.Cl.Cl. The predicted molar refractivity (Wildman–Crippen MR) is 128 cm³/mol. The summed E-state index contributed by atoms with van der Waals surface area (Å²) in [7, 11) is 1.88. The Kier molecular flexibility index (Phi) is 8.87. The Morgan fingerprint density at radius 1 is 1.10 bits per heavy atom. The van der Waals surface area contributed by atoms with Gasteiger partial charge in [-0.2, -0.15) is 0 Å². The van der Waals surface area contributed by atoms with Crippen LogP contribution in [-0.4, -0.2) is 48.9 Å². The Morgan fingerprint density at radius 3 is 2.40 bits per heavy atom. The number of fused-ring (bicyclic) bond motifs is 1. The number of piperazine rings is 1. The van der Waals surface area contributed by atoms with Crippen molar-refractivity contribution in [3.63, 3.8) is 0 Å². The topological polar surface area (TPSA) is 35.6 Å². The molecule has 0 radical (unpaired) electrons. The molecule has 0 bridgehead atoms. The molecule has 1 saturated heterocycles. The lowest BCUT2D eigenvalue weighted by molar-refractivity contribution is -0.145. The Hall–Kier alpha value is -1.01. The van der Waals surface area contributed by atoms with Crippen LogP contribution >= 0.6 is 48.0 Å². The maximum Gasteiger partial charge on any atom is 0.247 e. The van der Waals surface area contributed by atoms with Crippen molar-refractivity contribution in [2.45, 2.75) is 24.9 Å². The van der Waals surface area contributed by atoms with E-state index in [1.165, 1.54) is 5.56 Å². The highest BCUT2D eigenvalue weighted by Gasteiger charge is 2.50. The third-order valence-electron chi connectivity index (χ3n) is 5.92. The standard InChI is InChI=1S/C22H25Cl2N3O.2ClH/c1-26(15-16-12-18(23)14-19(24)13-16)21(28)22(27-10-8-25-9-11-27)7-6-17-4-2-3-5-20(17)22;;/h2-5,12-14,25H,6-11,15H2,1H3;2*1H/t22-;;/m1../s1. The van der Waals surface area contributed by atoms with E-state index in [0.717, 1.165) is 50.1 Å². The van der Waals surface area contributed by atoms with Crippen LogP contribution in [0.1, 0.15) is 23.1 Å². The monoisotopic (exact) mass is 489 g/mol. The summed E-state index contributed by atoms with van der Waals surface area (Å²) in [4.78, 5) is 18.1. The number of rotatable bonds is 4. The number of hydrogen-bond acceptors (Lipinski definition) is 3. The zero-order chi connectivity index (χ0) is 19.7. The number of carbonyl (C=O) groups is 1. The van der Waals surface area contributed by atoms with Crippen molar-refractivity contribution in [1.29, 1.82) is 0 Å². The van der Waals surface area contributed by atoms with Crippen LogP contribution < -0.4 is 5.32 Å². The average molecular weight is 491 g/mol. The molecule has 1 N–H and O–H groups in total. The first-order valence-electron chi connectivity index (χ1n) is 9.75. The van der Waals surface area contributed by atoms with E-state index in [2.05, 4.69) is 28.4 Å². The van der Waals surface area contributed by atoms with Gasteiger partial charge in [0.2, 0.25) is 5.91 Å². The van der Waals surface area contributed by atoms with Gasteiger partial charge in [0.25, 0.3) is 0 Å². The minimum Gasteiger partial charge on any atom is -0.340 e. The van der Waals surface area contributed by atoms with E-state index in [9.17, 15) is 4.79 Å². The second-order valence-electron chi connectivity index (χ2n) is 7.69. The van der Waals surface area contributed by atoms with Gasteiger partial charge >= 0.3 is 0 Å². The minimum atomic E-state index is -0.587.